The van der Waals surface area contributed by atoms with Crippen molar-refractivity contribution >= 4 is 5.84 Å². The Morgan fingerprint density at radius 2 is 2.40 bits per heavy atom. The number of halogens is 1. The molecule has 3 N–H and O–H groups in total. The van der Waals surface area contributed by atoms with E-state index in [1.807, 2.05) is 0 Å². The maximum atomic E-state index is 12.6. The molecule has 0 fully saturated rings. The normalized spacial score (nSPS) is 9.30. The zero-order chi connectivity index (χ0) is 7.56. The van der Waals surface area contributed by atoms with Crippen LogP contribution in [0.25, 0.3) is 0 Å². The van der Waals surface area contributed by atoms with E-state index < -0.39 is 5.82 Å². The Hall–Kier alpha value is -1.38. The van der Waals surface area contributed by atoms with Gasteiger partial charge in [-0.15, -0.1) is 0 Å². The topological polar surface area (TPSA) is 49.9 Å². The van der Waals surface area contributed by atoms with Crippen LogP contribution >= 0.6 is 0 Å². The molecule has 1 aromatic rings. The van der Waals surface area contributed by atoms with E-state index in [0.717, 1.165) is 0 Å². The highest BCUT2D eigenvalue weighted by atomic mass is 19.1. The minimum absolute atomic E-state index is 0.0995. The van der Waals surface area contributed by atoms with Gasteiger partial charge in [0.25, 0.3) is 0 Å². The van der Waals surface area contributed by atoms with Crippen LogP contribution in [0, 0.1) is 17.3 Å². The number of hydrogen-bond donors (Lipinski definition) is 2. The lowest BCUT2D eigenvalue weighted by Crippen LogP contribution is -2.12. The van der Waals surface area contributed by atoms with Crippen molar-refractivity contribution in [1.29, 1.82) is 5.41 Å². The molecule has 0 saturated heterocycles. The first kappa shape index (κ1) is 6.74. The van der Waals surface area contributed by atoms with Gasteiger partial charge in [0, 0.05) is 0 Å². The highest BCUT2D eigenvalue weighted by molar-refractivity contribution is 5.95. The summed E-state index contributed by atoms with van der Waals surface area (Å²) in [7, 11) is 0. The molecule has 0 aliphatic heterocycles. The summed E-state index contributed by atoms with van der Waals surface area (Å²) in [4.78, 5) is 0. The molecule has 0 heterocycles. The van der Waals surface area contributed by atoms with Crippen LogP contribution in [-0.4, -0.2) is 5.84 Å². The first-order valence-corrected chi connectivity index (χ1v) is 2.72. The SMILES string of the molecule is N=C(N)c1c[c]ccc1F. The van der Waals surface area contributed by atoms with E-state index in [9.17, 15) is 4.39 Å². The molecule has 0 amide bonds. The van der Waals surface area contributed by atoms with Gasteiger partial charge in [-0.2, -0.15) is 0 Å². The number of benzene rings is 1. The van der Waals surface area contributed by atoms with Gasteiger partial charge in [-0.05, 0) is 18.2 Å². The lowest BCUT2D eigenvalue weighted by molar-refractivity contribution is 0.625. The summed E-state index contributed by atoms with van der Waals surface area (Å²) in [6, 6.07) is 6.62. The number of amidine groups is 1. The fourth-order valence-corrected chi connectivity index (χ4v) is 0.618. The second-order valence-corrected chi connectivity index (χ2v) is 1.82. The Morgan fingerprint density at radius 3 is 2.80 bits per heavy atom. The first-order chi connectivity index (χ1) is 4.72. The van der Waals surface area contributed by atoms with Gasteiger partial charge < -0.3 is 5.73 Å². The van der Waals surface area contributed by atoms with Crippen LogP contribution < -0.4 is 5.73 Å². The van der Waals surface area contributed by atoms with Crippen molar-refractivity contribution in [2.24, 2.45) is 5.73 Å². The third-order valence-electron chi connectivity index (χ3n) is 1.10. The molecule has 2 nitrogen and oxygen atoms in total. The highest BCUT2D eigenvalue weighted by Gasteiger charge is 2.01. The van der Waals surface area contributed by atoms with Crippen molar-refractivity contribution in [3.05, 3.63) is 35.6 Å². The summed E-state index contributed by atoms with van der Waals surface area (Å²) in [5.41, 5.74) is 5.14. The highest BCUT2D eigenvalue weighted by Crippen LogP contribution is 2.03. The average Bonchev–Trinajstić information content (AvgIpc) is 1.88. The minimum atomic E-state index is -0.480. The fraction of sp³-hybridized carbons (Fsp3) is 0. The first-order valence-electron chi connectivity index (χ1n) is 2.72. The van der Waals surface area contributed by atoms with Crippen LogP contribution in [-0.2, 0) is 0 Å². The fourth-order valence-electron chi connectivity index (χ4n) is 0.618. The van der Waals surface area contributed by atoms with Crippen LogP contribution in [0.3, 0.4) is 0 Å². The monoisotopic (exact) mass is 137 g/mol. The Kier molecular flexibility index (Phi) is 1.67. The molecule has 0 spiro atoms. The van der Waals surface area contributed by atoms with Crippen LogP contribution in [0.2, 0.25) is 0 Å². The van der Waals surface area contributed by atoms with Crippen molar-refractivity contribution in [3.63, 3.8) is 0 Å². The van der Waals surface area contributed by atoms with E-state index in [2.05, 4.69) is 6.07 Å². The van der Waals surface area contributed by atoms with Gasteiger partial charge >= 0.3 is 0 Å². The zero-order valence-corrected chi connectivity index (χ0v) is 5.19. The molecular formula is C7H6FN2. The summed E-state index contributed by atoms with van der Waals surface area (Å²) in [6.07, 6.45) is 0. The van der Waals surface area contributed by atoms with Crippen LogP contribution in [0.15, 0.2) is 18.2 Å². The lowest BCUT2D eigenvalue weighted by Gasteiger charge is -1.96. The number of rotatable bonds is 1. The van der Waals surface area contributed by atoms with Gasteiger partial charge in [0.05, 0.1) is 5.56 Å². The number of nitrogens with two attached hydrogens (primary N) is 1. The molecule has 1 rings (SSSR count). The third kappa shape index (κ3) is 1.13. The maximum Gasteiger partial charge on any atom is 0.134 e. The van der Waals surface area contributed by atoms with E-state index in [1.165, 1.54) is 18.2 Å². The Morgan fingerprint density at radius 1 is 1.70 bits per heavy atom. The summed E-state index contributed by atoms with van der Waals surface area (Å²) in [6.45, 7) is 0. The number of nitrogen functional groups attached to an aromatic ring is 1. The van der Waals surface area contributed by atoms with Gasteiger partial charge in [0.1, 0.15) is 11.7 Å². The molecule has 3 heteroatoms. The summed E-state index contributed by atoms with van der Waals surface area (Å²) in [5.74, 6) is -0.749. The molecule has 0 unspecified atom stereocenters. The van der Waals surface area contributed by atoms with Crippen LogP contribution in [0.1, 0.15) is 5.56 Å². The van der Waals surface area contributed by atoms with E-state index in [0.29, 0.717) is 0 Å². The van der Waals surface area contributed by atoms with Crippen molar-refractivity contribution in [2.75, 3.05) is 0 Å². The second-order valence-electron chi connectivity index (χ2n) is 1.82. The molecule has 0 bridgehead atoms. The number of hydrogen-bond acceptors (Lipinski definition) is 1. The zero-order valence-electron chi connectivity index (χ0n) is 5.19. The average molecular weight is 137 g/mol. The Bertz CT molecular complexity index is 258. The number of nitrogens with one attached hydrogen (secondary N) is 1. The van der Waals surface area contributed by atoms with Crippen LogP contribution in [0.4, 0.5) is 4.39 Å². The minimum Gasteiger partial charge on any atom is -0.384 e. The molecule has 0 aliphatic carbocycles. The predicted octanol–water partition coefficient (Wildman–Crippen LogP) is 0.910. The van der Waals surface area contributed by atoms with Crippen molar-refractivity contribution in [3.8, 4) is 0 Å². The smallest absolute Gasteiger partial charge is 0.134 e. The lowest BCUT2D eigenvalue weighted by atomic mass is 10.2. The molecule has 10 heavy (non-hydrogen) atoms. The Balaban J connectivity index is 3.15. The Labute approximate surface area is 58.0 Å². The van der Waals surface area contributed by atoms with Crippen LogP contribution in [0.5, 0.6) is 0 Å². The predicted molar refractivity (Wildman–Crippen MR) is 36.3 cm³/mol. The summed E-state index contributed by atoms with van der Waals surface area (Å²) < 4.78 is 12.6. The van der Waals surface area contributed by atoms with Gasteiger partial charge in [0.15, 0.2) is 0 Å². The van der Waals surface area contributed by atoms with E-state index in [1.54, 1.807) is 0 Å². The molecule has 0 aromatic heterocycles. The molecule has 0 atom stereocenters. The quantitative estimate of drug-likeness (QED) is 0.438. The molecule has 0 saturated carbocycles. The van der Waals surface area contributed by atoms with E-state index >= 15 is 0 Å². The van der Waals surface area contributed by atoms with Gasteiger partial charge in [-0.3, -0.25) is 5.41 Å². The molecule has 51 valence electrons. The van der Waals surface area contributed by atoms with E-state index in [4.69, 9.17) is 11.1 Å². The third-order valence-corrected chi connectivity index (χ3v) is 1.10. The molecule has 1 aromatic carbocycles. The largest absolute Gasteiger partial charge is 0.384 e. The van der Waals surface area contributed by atoms with Gasteiger partial charge in [-0.25, -0.2) is 4.39 Å². The van der Waals surface area contributed by atoms with E-state index in [-0.39, 0.29) is 11.4 Å². The molecular weight excluding hydrogens is 131 g/mol. The van der Waals surface area contributed by atoms with Crippen molar-refractivity contribution in [2.45, 2.75) is 0 Å². The van der Waals surface area contributed by atoms with Gasteiger partial charge in [-0.1, -0.05) is 6.07 Å². The summed E-state index contributed by atoms with van der Waals surface area (Å²) >= 11 is 0. The van der Waals surface area contributed by atoms with Crippen molar-refractivity contribution in [1.82, 2.24) is 0 Å². The standard InChI is InChI=1S/C7H6FN2/c8-6-4-2-1-3-5(6)7(9)10/h2-4H,(H3,9,10). The summed E-state index contributed by atoms with van der Waals surface area (Å²) in [5, 5.41) is 6.89. The maximum absolute atomic E-state index is 12.6. The van der Waals surface area contributed by atoms with Gasteiger partial charge in [0.2, 0.25) is 0 Å². The molecule has 1 radical (unpaired) electrons. The van der Waals surface area contributed by atoms with Crippen molar-refractivity contribution < 1.29 is 4.39 Å². The second kappa shape index (κ2) is 2.47. The molecule has 0 aliphatic rings.